The molecule has 1 aliphatic rings. The fraction of sp³-hybridized carbons (Fsp3) is 0.300. The van der Waals surface area contributed by atoms with E-state index in [1.165, 1.54) is 11.0 Å². The molecule has 0 unspecified atom stereocenters. The second-order valence-corrected chi connectivity index (χ2v) is 6.46. The quantitative estimate of drug-likeness (QED) is 0.882. The Labute approximate surface area is 152 Å². The molecule has 1 atom stereocenters. The van der Waals surface area contributed by atoms with Gasteiger partial charge in [-0.1, -0.05) is 35.9 Å². The van der Waals surface area contributed by atoms with Gasteiger partial charge in [0.1, 0.15) is 11.9 Å². The third-order valence-electron chi connectivity index (χ3n) is 4.53. The monoisotopic (exact) mass is 355 g/mol. The minimum absolute atomic E-state index is 0.107. The standard InChI is InChI=1S/C20H22FN3O2/c1-14-8-10-16(11-9-14)23-20(26)24-12-4-7-18(24)19(25)22-13-15-5-2-3-6-17(15)21/h2-3,5-6,8-11,18H,4,7,12-13H2,1H3,(H,22,25)(H,23,26)/t18-/m1/s1. The number of amides is 3. The number of aryl methyl sites for hydroxylation is 1. The number of halogens is 1. The van der Waals surface area contributed by atoms with Gasteiger partial charge in [0.05, 0.1) is 0 Å². The van der Waals surface area contributed by atoms with Crippen molar-refractivity contribution in [1.82, 2.24) is 10.2 Å². The molecule has 136 valence electrons. The first-order chi connectivity index (χ1) is 12.5. The van der Waals surface area contributed by atoms with Gasteiger partial charge < -0.3 is 15.5 Å². The fourth-order valence-corrected chi connectivity index (χ4v) is 3.06. The van der Waals surface area contributed by atoms with Crippen molar-refractivity contribution in [1.29, 1.82) is 0 Å². The lowest BCUT2D eigenvalue weighted by molar-refractivity contribution is -0.124. The maximum atomic E-state index is 13.7. The summed E-state index contributed by atoms with van der Waals surface area (Å²) in [5.41, 5.74) is 2.22. The molecule has 0 bridgehead atoms. The Balaban J connectivity index is 1.59. The van der Waals surface area contributed by atoms with Crippen molar-refractivity contribution in [2.45, 2.75) is 32.4 Å². The van der Waals surface area contributed by atoms with E-state index in [2.05, 4.69) is 10.6 Å². The maximum Gasteiger partial charge on any atom is 0.322 e. The summed E-state index contributed by atoms with van der Waals surface area (Å²) < 4.78 is 13.7. The molecule has 0 aliphatic carbocycles. The molecular formula is C20H22FN3O2. The highest BCUT2D eigenvalue weighted by atomic mass is 19.1. The van der Waals surface area contributed by atoms with Crippen molar-refractivity contribution in [3.05, 3.63) is 65.5 Å². The predicted molar refractivity (Wildman–Crippen MR) is 98.2 cm³/mol. The number of carbonyl (C=O) groups is 2. The molecule has 2 aromatic carbocycles. The zero-order valence-corrected chi connectivity index (χ0v) is 14.7. The van der Waals surface area contributed by atoms with Crippen LogP contribution in [-0.4, -0.2) is 29.4 Å². The summed E-state index contributed by atoms with van der Waals surface area (Å²) in [6.45, 7) is 2.60. The van der Waals surface area contributed by atoms with Crippen molar-refractivity contribution in [2.75, 3.05) is 11.9 Å². The highest BCUT2D eigenvalue weighted by Crippen LogP contribution is 2.20. The van der Waals surface area contributed by atoms with Gasteiger partial charge >= 0.3 is 6.03 Å². The molecule has 26 heavy (non-hydrogen) atoms. The number of likely N-dealkylation sites (tertiary alicyclic amines) is 1. The van der Waals surface area contributed by atoms with Crippen LogP contribution in [0.5, 0.6) is 0 Å². The van der Waals surface area contributed by atoms with Gasteiger partial charge in [-0.05, 0) is 38.0 Å². The molecule has 1 aliphatic heterocycles. The van der Waals surface area contributed by atoms with Gasteiger partial charge in [-0.25, -0.2) is 9.18 Å². The van der Waals surface area contributed by atoms with E-state index in [1.807, 2.05) is 31.2 Å². The van der Waals surface area contributed by atoms with Crippen LogP contribution in [-0.2, 0) is 11.3 Å². The van der Waals surface area contributed by atoms with Crippen LogP contribution in [0, 0.1) is 12.7 Å². The first-order valence-corrected chi connectivity index (χ1v) is 8.70. The molecule has 0 aromatic heterocycles. The van der Waals surface area contributed by atoms with Crippen LogP contribution in [0.25, 0.3) is 0 Å². The van der Waals surface area contributed by atoms with Gasteiger partial charge in [0.15, 0.2) is 0 Å². The minimum atomic E-state index is -0.535. The van der Waals surface area contributed by atoms with Gasteiger partial charge in [0.25, 0.3) is 0 Å². The van der Waals surface area contributed by atoms with Crippen LogP contribution in [0.2, 0.25) is 0 Å². The number of carbonyl (C=O) groups excluding carboxylic acids is 2. The van der Waals surface area contributed by atoms with E-state index >= 15 is 0 Å². The zero-order chi connectivity index (χ0) is 18.5. The Hall–Kier alpha value is -2.89. The lowest BCUT2D eigenvalue weighted by atomic mass is 10.2. The summed E-state index contributed by atoms with van der Waals surface area (Å²) in [5, 5.41) is 5.56. The second-order valence-electron chi connectivity index (χ2n) is 6.46. The van der Waals surface area contributed by atoms with E-state index < -0.39 is 6.04 Å². The molecular weight excluding hydrogens is 333 g/mol. The van der Waals surface area contributed by atoms with Crippen molar-refractivity contribution in [3.63, 3.8) is 0 Å². The van der Waals surface area contributed by atoms with Crippen LogP contribution >= 0.6 is 0 Å². The number of hydrogen-bond donors (Lipinski definition) is 2. The number of hydrogen-bond acceptors (Lipinski definition) is 2. The molecule has 5 nitrogen and oxygen atoms in total. The summed E-state index contributed by atoms with van der Waals surface area (Å²) in [6, 6.07) is 13.0. The van der Waals surface area contributed by atoms with Crippen molar-refractivity contribution >= 4 is 17.6 Å². The Morgan fingerprint density at radius 1 is 1.15 bits per heavy atom. The van der Waals surface area contributed by atoms with Crippen LogP contribution < -0.4 is 10.6 Å². The number of nitrogens with zero attached hydrogens (tertiary/aromatic N) is 1. The van der Waals surface area contributed by atoms with E-state index in [1.54, 1.807) is 18.2 Å². The number of rotatable bonds is 4. The molecule has 2 N–H and O–H groups in total. The molecule has 2 aromatic rings. The Kier molecular flexibility index (Phi) is 5.51. The van der Waals surface area contributed by atoms with E-state index in [0.29, 0.717) is 24.2 Å². The molecule has 1 fully saturated rings. The number of anilines is 1. The molecule has 0 spiro atoms. The van der Waals surface area contributed by atoms with Crippen molar-refractivity contribution < 1.29 is 14.0 Å². The summed E-state index contributed by atoms with van der Waals surface area (Å²) >= 11 is 0. The van der Waals surface area contributed by atoms with E-state index in [4.69, 9.17) is 0 Å². The third kappa shape index (κ3) is 4.20. The Morgan fingerprint density at radius 2 is 1.88 bits per heavy atom. The fourth-order valence-electron chi connectivity index (χ4n) is 3.06. The normalized spacial score (nSPS) is 16.4. The maximum absolute atomic E-state index is 13.7. The van der Waals surface area contributed by atoms with Crippen LogP contribution in [0.15, 0.2) is 48.5 Å². The molecule has 0 saturated carbocycles. The first-order valence-electron chi connectivity index (χ1n) is 8.70. The van der Waals surface area contributed by atoms with E-state index in [9.17, 15) is 14.0 Å². The van der Waals surface area contributed by atoms with Crippen LogP contribution in [0.3, 0.4) is 0 Å². The number of urea groups is 1. The second kappa shape index (κ2) is 7.99. The average molecular weight is 355 g/mol. The highest BCUT2D eigenvalue weighted by molar-refractivity contribution is 5.94. The molecule has 3 amide bonds. The van der Waals surface area contributed by atoms with Gasteiger partial charge in [-0.3, -0.25) is 4.79 Å². The minimum Gasteiger partial charge on any atom is -0.350 e. The molecule has 6 heteroatoms. The van der Waals surface area contributed by atoms with Gasteiger partial charge in [0, 0.05) is 24.3 Å². The topological polar surface area (TPSA) is 61.4 Å². The largest absolute Gasteiger partial charge is 0.350 e. The van der Waals surface area contributed by atoms with Crippen molar-refractivity contribution in [2.24, 2.45) is 0 Å². The summed E-state index contributed by atoms with van der Waals surface area (Å²) in [4.78, 5) is 26.5. The van der Waals surface area contributed by atoms with E-state index in [-0.39, 0.29) is 24.3 Å². The average Bonchev–Trinajstić information content (AvgIpc) is 3.13. The third-order valence-corrected chi connectivity index (χ3v) is 4.53. The summed E-state index contributed by atoms with van der Waals surface area (Å²) in [7, 11) is 0. The predicted octanol–water partition coefficient (Wildman–Crippen LogP) is 3.45. The van der Waals surface area contributed by atoms with Gasteiger partial charge in [-0.2, -0.15) is 0 Å². The molecule has 1 heterocycles. The smallest absolute Gasteiger partial charge is 0.322 e. The van der Waals surface area contributed by atoms with Crippen molar-refractivity contribution in [3.8, 4) is 0 Å². The Morgan fingerprint density at radius 3 is 2.62 bits per heavy atom. The number of nitrogens with one attached hydrogen (secondary N) is 2. The molecule has 1 saturated heterocycles. The summed E-state index contributed by atoms with van der Waals surface area (Å²) in [5.74, 6) is -0.613. The summed E-state index contributed by atoms with van der Waals surface area (Å²) in [6.07, 6.45) is 1.36. The van der Waals surface area contributed by atoms with Crippen LogP contribution in [0.4, 0.5) is 14.9 Å². The highest BCUT2D eigenvalue weighted by Gasteiger charge is 2.34. The van der Waals surface area contributed by atoms with Gasteiger partial charge in [0.2, 0.25) is 5.91 Å². The van der Waals surface area contributed by atoms with Crippen LogP contribution in [0.1, 0.15) is 24.0 Å². The molecule has 0 radical (unpaired) electrons. The van der Waals surface area contributed by atoms with E-state index in [0.717, 1.165) is 12.0 Å². The SMILES string of the molecule is Cc1ccc(NC(=O)N2CCC[C@@H]2C(=O)NCc2ccccc2F)cc1. The lowest BCUT2D eigenvalue weighted by Gasteiger charge is -2.24. The first kappa shape index (κ1) is 17.9. The molecule has 3 rings (SSSR count). The Bertz CT molecular complexity index is 792. The van der Waals surface area contributed by atoms with Gasteiger partial charge in [-0.15, -0.1) is 0 Å². The lowest BCUT2D eigenvalue weighted by Crippen LogP contribution is -2.47. The number of benzene rings is 2. The zero-order valence-electron chi connectivity index (χ0n) is 14.7.